The molecule has 29 heavy (non-hydrogen) atoms. The topological polar surface area (TPSA) is 108 Å². The molecule has 9 heteroatoms. The van der Waals surface area contributed by atoms with Gasteiger partial charge in [0.05, 0.1) is 22.1 Å². The number of fused-ring (bicyclic) bond motifs is 2. The summed E-state index contributed by atoms with van der Waals surface area (Å²) >= 11 is 0. The highest BCUT2D eigenvalue weighted by Crippen LogP contribution is 2.34. The van der Waals surface area contributed by atoms with Gasteiger partial charge in [-0.15, -0.1) is 0 Å². The van der Waals surface area contributed by atoms with Gasteiger partial charge in [-0.3, -0.25) is 9.78 Å². The molecular weight excluding hydrogens is 392 g/mol. The highest BCUT2D eigenvalue weighted by atomic mass is 32.2. The van der Waals surface area contributed by atoms with E-state index in [1.165, 1.54) is 11.1 Å². The van der Waals surface area contributed by atoms with Crippen molar-refractivity contribution >= 4 is 32.7 Å². The summed E-state index contributed by atoms with van der Waals surface area (Å²) < 4.78 is 25.2. The zero-order valence-electron chi connectivity index (χ0n) is 16.3. The van der Waals surface area contributed by atoms with Gasteiger partial charge in [-0.2, -0.15) is 0 Å². The molecule has 4 rings (SSSR count). The lowest BCUT2D eigenvalue weighted by Crippen LogP contribution is -2.45. The molecule has 0 radical (unpaired) electrons. The highest BCUT2D eigenvalue weighted by Gasteiger charge is 2.53. The van der Waals surface area contributed by atoms with E-state index in [2.05, 4.69) is 15.6 Å². The molecule has 3 atom stereocenters. The van der Waals surface area contributed by atoms with Gasteiger partial charge in [0, 0.05) is 42.7 Å². The van der Waals surface area contributed by atoms with Gasteiger partial charge in [0.15, 0.2) is 9.84 Å². The minimum atomic E-state index is -3.38. The molecule has 2 aromatic rings. The average Bonchev–Trinajstić information content (AvgIpc) is 3.21. The first-order valence-corrected chi connectivity index (χ1v) is 11.4. The monoisotopic (exact) mass is 416 g/mol. The summed E-state index contributed by atoms with van der Waals surface area (Å²) in [6.45, 7) is 4.18. The summed E-state index contributed by atoms with van der Waals surface area (Å²) in [5, 5.41) is 5.87. The lowest BCUT2D eigenvalue weighted by atomic mass is 10.00. The Kier molecular flexibility index (Phi) is 4.94. The average molecular weight is 417 g/mol. The van der Waals surface area contributed by atoms with Crippen LogP contribution in [0, 0.1) is 5.92 Å². The quantitative estimate of drug-likeness (QED) is 0.781. The number of carbonyl (C=O) groups is 2. The number of urea groups is 1. The minimum Gasteiger partial charge on any atom is -0.348 e. The summed E-state index contributed by atoms with van der Waals surface area (Å²) in [6.07, 6.45) is 1.50. The Hall–Kier alpha value is -2.68. The number of carbonyl (C=O) groups excluding carboxylic acids is 2. The number of nitrogens with zero attached hydrogens (tertiary/aromatic N) is 2. The van der Waals surface area contributed by atoms with Crippen LogP contribution in [0.2, 0.25) is 0 Å². The van der Waals surface area contributed by atoms with Crippen LogP contribution >= 0.6 is 0 Å². The van der Waals surface area contributed by atoms with Gasteiger partial charge in [-0.25, -0.2) is 13.2 Å². The van der Waals surface area contributed by atoms with Crippen molar-refractivity contribution in [2.45, 2.75) is 31.2 Å². The molecule has 0 saturated carbocycles. The van der Waals surface area contributed by atoms with Crippen LogP contribution in [-0.4, -0.2) is 66.4 Å². The number of nitrogens with one attached hydrogen (secondary N) is 2. The van der Waals surface area contributed by atoms with Gasteiger partial charge in [0.1, 0.15) is 0 Å². The first-order chi connectivity index (χ1) is 13.7. The van der Waals surface area contributed by atoms with Gasteiger partial charge in [-0.05, 0) is 26.0 Å². The number of aromatic nitrogens is 1. The molecule has 2 saturated heterocycles. The molecule has 3 amide bonds. The molecule has 2 fully saturated rings. The first-order valence-electron chi connectivity index (χ1n) is 9.67. The molecule has 2 aliphatic rings. The van der Waals surface area contributed by atoms with Gasteiger partial charge in [-0.1, -0.05) is 18.2 Å². The van der Waals surface area contributed by atoms with Crippen LogP contribution in [0.1, 0.15) is 24.2 Å². The van der Waals surface area contributed by atoms with E-state index in [1.54, 1.807) is 6.07 Å². The number of pyridine rings is 1. The number of benzene rings is 1. The summed E-state index contributed by atoms with van der Waals surface area (Å²) in [4.78, 5) is 30.9. The molecule has 3 heterocycles. The van der Waals surface area contributed by atoms with Gasteiger partial charge in [0.25, 0.3) is 5.91 Å². The van der Waals surface area contributed by atoms with Crippen LogP contribution < -0.4 is 10.6 Å². The summed E-state index contributed by atoms with van der Waals surface area (Å²) in [6, 6.07) is 8.40. The molecule has 2 N–H and O–H groups in total. The van der Waals surface area contributed by atoms with Crippen molar-refractivity contribution in [1.82, 2.24) is 20.5 Å². The lowest BCUT2D eigenvalue weighted by molar-refractivity contribution is 0.0931. The number of likely N-dealkylation sites (tertiary alicyclic amines) is 1. The van der Waals surface area contributed by atoms with E-state index in [0.29, 0.717) is 12.1 Å². The third-order valence-corrected chi connectivity index (χ3v) is 7.81. The van der Waals surface area contributed by atoms with Crippen molar-refractivity contribution in [2.24, 2.45) is 5.92 Å². The van der Waals surface area contributed by atoms with Crippen LogP contribution in [0.3, 0.4) is 0 Å². The molecule has 0 unspecified atom stereocenters. The Bertz CT molecular complexity index is 1070. The third-order valence-electron chi connectivity index (χ3n) is 5.57. The zero-order chi connectivity index (χ0) is 20.8. The number of para-hydroxylation sites is 1. The molecule has 0 aliphatic carbocycles. The van der Waals surface area contributed by atoms with Crippen LogP contribution in [0.4, 0.5) is 4.79 Å². The maximum atomic E-state index is 12.8. The second-order valence-electron chi connectivity index (χ2n) is 8.04. The maximum absolute atomic E-state index is 12.8. The second-order valence-corrected chi connectivity index (χ2v) is 10.3. The van der Waals surface area contributed by atoms with E-state index in [9.17, 15) is 18.0 Å². The van der Waals surface area contributed by atoms with Gasteiger partial charge >= 0.3 is 6.03 Å². The highest BCUT2D eigenvalue weighted by molar-refractivity contribution is 7.92. The summed E-state index contributed by atoms with van der Waals surface area (Å²) in [5.41, 5.74) is 1.17. The van der Waals surface area contributed by atoms with E-state index in [0.717, 1.165) is 10.9 Å². The summed E-state index contributed by atoms with van der Waals surface area (Å²) in [7, 11) is -3.38. The van der Waals surface area contributed by atoms with E-state index in [-0.39, 0.29) is 36.2 Å². The zero-order valence-corrected chi connectivity index (χ0v) is 17.1. The normalized spacial score (nSPS) is 25.2. The number of amides is 3. The molecule has 1 aromatic carbocycles. The largest absolute Gasteiger partial charge is 0.348 e. The summed E-state index contributed by atoms with van der Waals surface area (Å²) in [5.74, 6) is -0.765. The molecular formula is C20H24N4O4S. The van der Waals surface area contributed by atoms with Gasteiger partial charge < -0.3 is 15.5 Å². The number of rotatable bonds is 3. The van der Waals surface area contributed by atoms with Crippen molar-refractivity contribution in [3.05, 3.63) is 42.1 Å². The van der Waals surface area contributed by atoms with E-state index in [4.69, 9.17) is 0 Å². The van der Waals surface area contributed by atoms with Crippen molar-refractivity contribution < 1.29 is 18.0 Å². The first kappa shape index (κ1) is 19.6. The molecule has 0 spiro atoms. The van der Waals surface area contributed by atoms with Gasteiger partial charge in [0.2, 0.25) is 0 Å². The third kappa shape index (κ3) is 3.78. The predicted octanol–water partition coefficient (Wildman–Crippen LogP) is 1.18. The number of hydrogen-bond donors (Lipinski definition) is 2. The fourth-order valence-corrected chi connectivity index (χ4v) is 6.46. The Labute approximate surface area is 169 Å². The molecule has 1 aromatic heterocycles. The maximum Gasteiger partial charge on any atom is 0.317 e. The number of sulfone groups is 1. The smallest absolute Gasteiger partial charge is 0.317 e. The fraction of sp³-hybridized carbons (Fsp3) is 0.450. The van der Waals surface area contributed by atoms with Crippen LogP contribution in [-0.2, 0) is 9.84 Å². The van der Waals surface area contributed by atoms with Crippen molar-refractivity contribution in [3.63, 3.8) is 0 Å². The van der Waals surface area contributed by atoms with E-state index in [1.807, 2.05) is 38.1 Å². The van der Waals surface area contributed by atoms with Crippen molar-refractivity contribution in [2.75, 3.05) is 18.8 Å². The number of hydrogen-bond acceptors (Lipinski definition) is 5. The molecule has 154 valence electrons. The standard InChI is InChI=1S/C20H24N4O4S/c1-12(2)22-20(26)24-9-15-17(11-29(27,28)18(15)10-24)23-19(25)14-7-13-5-3-4-6-16(13)21-8-14/h3-8,12,15,17-18H,9-11H2,1-2H3,(H,22,26)(H,23,25)/t15-,17+,18-/m0/s1. The lowest BCUT2D eigenvalue weighted by Gasteiger charge is -2.22. The SMILES string of the molecule is CC(C)NC(=O)N1C[C@H]2[C@H](NC(=O)c3cnc4ccccc4c3)CS(=O)(=O)[C@H]2C1. The van der Waals surface area contributed by atoms with E-state index < -0.39 is 21.1 Å². The minimum absolute atomic E-state index is 0.0320. The van der Waals surface area contributed by atoms with Crippen LogP contribution in [0.15, 0.2) is 36.5 Å². The molecule has 2 aliphatic heterocycles. The van der Waals surface area contributed by atoms with Crippen LogP contribution in [0.25, 0.3) is 10.9 Å². The van der Waals surface area contributed by atoms with Crippen molar-refractivity contribution in [3.8, 4) is 0 Å². The predicted molar refractivity (Wildman–Crippen MR) is 109 cm³/mol. The fourth-order valence-electron chi connectivity index (χ4n) is 4.16. The Morgan fingerprint density at radius 1 is 1.21 bits per heavy atom. The second kappa shape index (κ2) is 7.29. The Morgan fingerprint density at radius 3 is 2.72 bits per heavy atom. The molecule has 8 nitrogen and oxygen atoms in total. The van der Waals surface area contributed by atoms with Crippen LogP contribution in [0.5, 0.6) is 0 Å². The van der Waals surface area contributed by atoms with Crippen molar-refractivity contribution in [1.29, 1.82) is 0 Å². The Balaban J connectivity index is 1.51. The van der Waals surface area contributed by atoms with E-state index >= 15 is 0 Å². The molecule has 0 bridgehead atoms. The Morgan fingerprint density at radius 2 is 1.97 bits per heavy atom.